The molecule has 1 saturated heterocycles. The van der Waals surface area contributed by atoms with Gasteiger partial charge in [0.15, 0.2) is 0 Å². The Morgan fingerprint density at radius 2 is 2.11 bits per heavy atom. The van der Waals surface area contributed by atoms with Crippen molar-refractivity contribution in [2.45, 2.75) is 38.1 Å². The van der Waals surface area contributed by atoms with Gasteiger partial charge >= 0.3 is 0 Å². The molecular formula is C16H24N2O. The predicted octanol–water partition coefficient (Wildman–Crippen LogP) is 2.79. The second-order valence-corrected chi connectivity index (χ2v) is 5.95. The Kier molecular flexibility index (Phi) is 3.92. The molecule has 0 spiro atoms. The minimum absolute atomic E-state index is 0.313. The lowest BCUT2D eigenvalue weighted by Crippen LogP contribution is -2.42. The van der Waals surface area contributed by atoms with Gasteiger partial charge in [-0.25, -0.2) is 0 Å². The number of hydrogen-bond donors (Lipinski definition) is 1. The Hall–Kier alpha value is -1.22. The number of ether oxygens (including phenoxy) is 1. The van der Waals surface area contributed by atoms with Gasteiger partial charge in [-0.2, -0.15) is 0 Å². The van der Waals surface area contributed by atoms with Gasteiger partial charge in [0.2, 0.25) is 0 Å². The van der Waals surface area contributed by atoms with Crippen LogP contribution in [0.5, 0.6) is 5.75 Å². The quantitative estimate of drug-likeness (QED) is 0.904. The molecule has 1 saturated carbocycles. The summed E-state index contributed by atoms with van der Waals surface area (Å²) in [5.74, 6) is 1.79. The molecule has 0 radical (unpaired) electrons. The molecule has 1 aliphatic carbocycles. The molecule has 0 amide bonds. The van der Waals surface area contributed by atoms with Crippen molar-refractivity contribution in [3.63, 3.8) is 0 Å². The summed E-state index contributed by atoms with van der Waals surface area (Å²) in [6.07, 6.45) is 6.38. The molecule has 0 aromatic heterocycles. The summed E-state index contributed by atoms with van der Waals surface area (Å²) in [7, 11) is 0. The first-order valence-electron chi connectivity index (χ1n) is 7.54. The summed E-state index contributed by atoms with van der Waals surface area (Å²) in [6, 6.07) is 8.79. The molecule has 1 atom stereocenters. The third-order valence-corrected chi connectivity index (χ3v) is 4.35. The summed E-state index contributed by atoms with van der Waals surface area (Å²) in [5.41, 5.74) is 7.30. The third kappa shape index (κ3) is 3.21. The molecular weight excluding hydrogens is 236 g/mol. The molecule has 3 rings (SSSR count). The predicted molar refractivity (Wildman–Crippen MR) is 78.7 cm³/mol. The number of rotatable bonds is 4. The van der Waals surface area contributed by atoms with Crippen LogP contribution in [0.1, 0.15) is 32.1 Å². The number of nitrogens with two attached hydrogens (primary N) is 1. The van der Waals surface area contributed by atoms with Crippen molar-refractivity contribution in [3.8, 4) is 5.75 Å². The topological polar surface area (TPSA) is 38.5 Å². The minimum atomic E-state index is 0.313. The van der Waals surface area contributed by atoms with E-state index in [0.717, 1.165) is 37.8 Å². The maximum absolute atomic E-state index is 6.05. The molecule has 104 valence electrons. The van der Waals surface area contributed by atoms with Crippen LogP contribution in [-0.2, 0) is 0 Å². The Balaban J connectivity index is 1.61. The smallest absolute Gasteiger partial charge is 0.121 e. The van der Waals surface area contributed by atoms with Crippen LogP contribution < -0.4 is 15.4 Å². The van der Waals surface area contributed by atoms with E-state index in [1.807, 2.05) is 0 Å². The number of benzene rings is 1. The van der Waals surface area contributed by atoms with Crippen LogP contribution in [0.4, 0.5) is 5.69 Å². The minimum Gasteiger partial charge on any atom is -0.493 e. The van der Waals surface area contributed by atoms with E-state index in [9.17, 15) is 0 Å². The Bertz CT molecular complexity index is 417. The first-order chi connectivity index (χ1) is 9.31. The standard InChI is InChI=1S/C16H24N2O/c17-14-6-3-9-18(11-14)15-7-2-8-16(10-15)19-12-13-4-1-5-13/h2,7-8,10,13-14H,1,3-6,9,11-12,17H2. The highest BCUT2D eigenvalue weighted by molar-refractivity contribution is 5.51. The van der Waals surface area contributed by atoms with Crippen molar-refractivity contribution in [1.82, 2.24) is 0 Å². The van der Waals surface area contributed by atoms with Crippen LogP contribution in [-0.4, -0.2) is 25.7 Å². The van der Waals surface area contributed by atoms with E-state index in [1.54, 1.807) is 0 Å². The molecule has 2 aliphatic rings. The van der Waals surface area contributed by atoms with Gasteiger partial charge in [-0.15, -0.1) is 0 Å². The van der Waals surface area contributed by atoms with Crippen molar-refractivity contribution in [1.29, 1.82) is 0 Å². The number of nitrogens with zero attached hydrogens (tertiary/aromatic N) is 1. The van der Waals surface area contributed by atoms with E-state index in [2.05, 4.69) is 29.2 Å². The van der Waals surface area contributed by atoms with Crippen molar-refractivity contribution in [2.24, 2.45) is 11.7 Å². The lowest BCUT2D eigenvalue weighted by atomic mass is 9.86. The summed E-state index contributed by atoms with van der Waals surface area (Å²) in [6.45, 7) is 2.95. The van der Waals surface area contributed by atoms with Crippen molar-refractivity contribution in [3.05, 3.63) is 24.3 Å². The Labute approximate surface area is 115 Å². The molecule has 1 aliphatic heterocycles. The fourth-order valence-corrected chi connectivity index (χ4v) is 2.89. The molecule has 3 heteroatoms. The van der Waals surface area contributed by atoms with E-state index in [1.165, 1.54) is 31.4 Å². The van der Waals surface area contributed by atoms with Crippen molar-refractivity contribution >= 4 is 5.69 Å². The van der Waals surface area contributed by atoms with Gasteiger partial charge in [-0.3, -0.25) is 0 Å². The lowest BCUT2D eigenvalue weighted by molar-refractivity contribution is 0.180. The Morgan fingerprint density at radius 1 is 1.21 bits per heavy atom. The van der Waals surface area contributed by atoms with Crippen LogP contribution in [0.25, 0.3) is 0 Å². The van der Waals surface area contributed by atoms with E-state index in [0.29, 0.717) is 6.04 Å². The molecule has 19 heavy (non-hydrogen) atoms. The second-order valence-electron chi connectivity index (χ2n) is 5.95. The summed E-state index contributed by atoms with van der Waals surface area (Å²) in [5, 5.41) is 0. The van der Waals surface area contributed by atoms with Crippen LogP contribution in [0.15, 0.2) is 24.3 Å². The highest BCUT2D eigenvalue weighted by Gasteiger charge is 2.19. The normalized spacial score (nSPS) is 24.1. The van der Waals surface area contributed by atoms with Gasteiger partial charge in [-0.05, 0) is 43.7 Å². The van der Waals surface area contributed by atoms with E-state index < -0.39 is 0 Å². The van der Waals surface area contributed by atoms with Crippen LogP contribution >= 0.6 is 0 Å². The molecule has 3 nitrogen and oxygen atoms in total. The SMILES string of the molecule is NC1CCCN(c2cccc(OCC3CCC3)c2)C1. The molecule has 1 aromatic rings. The fourth-order valence-electron chi connectivity index (χ4n) is 2.89. The van der Waals surface area contributed by atoms with Crippen LogP contribution in [0, 0.1) is 5.92 Å². The number of hydrogen-bond acceptors (Lipinski definition) is 3. The maximum Gasteiger partial charge on any atom is 0.121 e. The number of piperidine rings is 1. The fraction of sp³-hybridized carbons (Fsp3) is 0.625. The monoisotopic (exact) mass is 260 g/mol. The van der Waals surface area contributed by atoms with Crippen LogP contribution in [0.2, 0.25) is 0 Å². The summed E-state index contributed by atoms with van der Waals surface area (Å²) >= 11 is 0. The van der Waals surface area contributed by atoms with Gasteiger partial charge in [0, 0.05) is 30.9 Å². The van der Waals surface area contributed by atoms with Crippen LogP contribution in [0.3, 0.4) is 0 Å². The van der Waals surface area contributed by atoms with Gasteiger partial charge in [-0.1, -0.05) is 12.5 Å². The number of anilines is 1. The molecule has 1 aromatic carbocycles. The average molecular weight is 260 g/mol. The highest BCUT2D eigenvalue weighted by atomic mass is 16.5. The molecule has 2 fully saturated rings. The first-order valence-corrected chi connectivity index (χ1v) is 7.54. The van der Waals surface area contributed by atoms with Gasteiger partial charge in [0.1, 0.15) is 5.75 Å². The van der Waals surface area contributed by atoms with Crippen molar-refractivity contribution < 1.29 is 4.74 Å². The largest absolute Gasteiger partial charge is 0.493 e. The van der Waals surface area contributed by atoms with E-state index in [4.69, 9.17) is 10.5 Å². The summed E-state index contributed by atoms with van der Waals surface area (Å²) < 4.78 is 5.91. The zero-order chi connectivity index (χ0) is 13.1. The molecule has 1 unspecified atom stereocenters. The third-order valence-electron chi connectivity index (χ3n) is 4.35. The van der Waals surface area contributed by atoms with Gasteiger partial charge in [0.25, 0.3) is 0 Å². The van der Waals surface area contributed by atoms with Gasteiger partial charge < -0.3 is 15.4 Å². The average Bonchev–Trinajstić information content (AvgIpc) is 2.37. The zero-order valence-corrected chi connectivity index (χ0v) is 11.6. The van der Waals surface area contributed by atoms with Crippen molar-refractivity contribution in [2.75, 3.05) is 24.6 Å². The maximum atomic E-state index is 6.05. The first kappa shape index (κ1) is 12.8. The highest BCUT2D eigenvalue weighted by Crippen LogP contribution is 2.28. The zero-order valence-electron chi connectivity index (χ0n) is 11.6. The van der Waals surface area contributed by atoms with Gasteiger partial charge in [0.05, 0.1) is 6.61 Å². The summed E-state index contributed by atoms with van der Waals surface area (Å²) in [4.78, 5) is 2.38. The Morgan fingerprint density at radius 3 is 2.84 bits per heavy atom. The second kappa shape index (κ2) is 5.83. The molecule has 1 heterocycles. The molecule has 2 N–H and O–H groups in total. The van der Waals surface area contributed by atoms with E-state index >= 15 is 0 Å². The molecule has 0 bridgehead atoms. The lowest BCUT2D eigenvalue weighted by Gasteiger charge is -2.33. The van der Waals surface area contributed by atoms with E-state index in [-0.39, 0.29) is 0 Å².